The molecule has 101 heavy (non-hydrogen) atoms. The number of hydrogen-bond donors (Lipinski definition) is 5. The second-order valence-electron chi connectivity index (χ2n) is 29.3. The van der Waals surface area contributed by atoms with Gasteiger partial charge in [-0.3, -0.25) is 29.8 Å². The van der Waals surface area contributed by atoms with Gasteiger partial charge in [-0.1, -0.05) is 31.4 Å². The van der Waals surface area contributed by atoms with Gasteiger partial charge in [0, 0.05) is 97.6 Å². The van der Waals surface area contributed by atoms with Crippen LogP contribution >= 0.6 is 0 Å². The number of nitro groups is 2. The van der Waals surface area contributed by atoms with Crippen LogP contribution < -0.4 is 41.2 Å². The van der Waals surface area contributed by atoms with Crippen molar-refractivity contribution in [2.45, 2.75) is 209 Å². The Morgan fingerprint density at radius 3 is 1.57 bits per heavy atom. The van der Waals surface area contributed by atoms with Crippen LogP contribution in [0.1, 0.15) is 181 Å². The van der Waals surface area contributed by atoms with Gasteiger partial charge in [0.1, 0.15) is 47.2 Å². The summed E-state index contributed by atoms with van der Waals surface area (Å²) in [6.07, 6.45) is 28.9. The molecule has 0 radical (unpaired) electrons. The number of benzene rings is 5. The fourth-order valence-corrected chi connectivity index (χ4v) is 16.7. The summed E-state index contributed by atoms with van der Waals surface area (Å²) in [4.78, 5) is 64.2. The van der Waals surface area contributed by atoms with Gasteiger partial charge in [0.15, 0.2) is 11.5 Å². The number of nitrogens with zero attached hydrogens (tertiary/aromatic N) is 8. The minimum absolute atomic E-state index is 0.0254. The van der Waals surface area contributed by atoms with E-state index in [-0.39, 0.29) is 58.3 Å². The largest absolute Gasteiger partial charge is 0.490 e. The van der Waals surface area contributed by atoms with E-state index in [2.05, 4.69) is 54.3 Å². The third-order valence-corrected chi connectivity index (χ3v) is 22.4. The number of piperidine rings is 4. The van der Waals surface area contributed by atoms with Crippen LogP contribution in [0.2, 0.25) is 0 Å². The lowest BCUT2D eigenvalue weighted by molar-refractivity contribution is -0.385. The zero-order valence-corrected chi connectivity index (χ0v) is 58.3. The van der Waals surface area contributed by atoms with Crippen molar-refractivity contribution in [1.29, 1.82) is 0 Å². The van der Waals surface area contributed by atoms with E-state index in [1.54, 1.807) is 18.3 Å². The predicted octanol–water partition coefficient (Wildman–Crippen LogP) is 13.5. The lowest BCUT2D eigenvalue weighted by Gasteiger charge is -2.40. The van der Waals surface area contributed by atoms with Gasteiger partial charge in [-0.25, -0.2) is 14.4 Å². The highest BCUT2D eigenvalue weighted by atomic mass is 19.1. The molecule has 7 N–H and O–H groups in total. The molecule has 23 heteroatoms. The van der Waals surface area contributed by atoms with E-state index in [9.17, 15) is 39.3 Å². The molecule has 540 valence electrons. The van der Waals surface area contributed by atoms with Crippen molar-refractivity contribution in [2.75, 3.05) is 61.8 Å². The SMILES string of the molecule is C[C@@H]1[C@H](NC(=O)c2ccc(C3CC3)cc2)CCCN1c1cnc(C(N)=O)c(Nc2ccc(OC3CCN4CCCC4C3)cc2)n1.Nc1ccc(OC2CCN3CCCC3C2)cc1.O=[N+]([O-])c1ccc(F)cc1.O=[N+]([O-])c1ccc(OC2CCN3CCCC3C2)cc1.OC1CCC2CCCC2C1. The molecule has 10 fully saturated rings. The number of carbonyl (C=O) groups is 2. The third-order valence-electron chi connectivity index (χ3n) is 22.4. The highest BCUT2D eigenvalue weighted by molar-refractivity contribution is 5.96. The Bertz CT molecular complexity index is 3690. The van der Waals surface area contributed by atoms with Gasteiger partial charge in [0.05, 0.1) is 22.1 Å². The van der Waals surface area contributed by atoms with Crippen LogP contribution in [0.4, 0.5) is 38.8 Å². The van der Waals surface area contributed by atoms with Crippen LogP contribution in [-0.4, -0.2) is 152 Å². The summed E-state index contributed by atoms with van der Waals surface area (Å²) >= 11 is 0. The first-order valence-electron chi connectivity index (χ1n) is 37.1. The summed E-state index contributed by atoms with van der Waals surface area (Å²) in [6, 6.07) is 36.2. The molecule has 10 aliphatic rings. The molecular weight excluding hydrogens is 1280 g/mol. The van der Waals surface area contributed by atoms with E-state index < -0.39 is 16.6 Å². The maximum absolute atomic E-state index is 13.1. The maximum Gasteiger partial charge on any atom is 0.271 e. The quantitative estimate of drug-likeness (QED) is 0.0363. The number of aliphatic hydroxyl groups excluding tert-OH is 1. The molecule has 8 heterocycles. The third kappa shape index (κ3) is 20.0. The Balaban J connectivity index is 0.000000140. The number of halogens is 1. The first-order chi connectivity index (χ1) is 49.0. The van der Waals surface area contributed by atoms with E-state index in [0.717, 1.165) is 148 Å². The highest BCUT2D eigenvalue weighted by Crippen LogP contribution is 2.43. The number of non-ortho nitro benzene ring substituents is 2. The van der Waals surface area contributed by atoms with Crippen molar-refractivity contribution in [1.82, 2.24) is 30.0 Å². The number of carbonyl (C=O) groups excluding carboxylic acids is 2. The first-order valence-corrected chi connectivity index (χ1v) is 37.1. The standard InChI is InChI=1S/C35H43N7O3.C14H18N2O3.C14H20N2O.C9H16O.C6H4FNO2/c1-22-30(39-35(44)25-10-8-24(9-11-25)23-6-7-23)5-3-18-42(22)31-21-37-32(33(36)43)34(40-31)38-26-12-14-28(15-13-26)45-29-16-19-41-17-2-4-27(41)20-29;17-16(18)11-3-5-13(6-4-11)19-14-7-9-15-8-1-2-12(15)10-14;15-11-3-5-13(6-4-11)17-14-7-9-16-8-1-2-12(16)10-14;10-9-5-4-7-2-1-3-8(7)6-9;7-5-1-3-6(4-2-5)8(9)10/h8-15,21-23,27,29-30H,2-7,16-20H2,1H3,(H2,36,43)(H,38,40)(H,39,44);3-6,12,14H,1-2,7-10H2;3-6,12,14H,1-2,7-10,15H2;7-10H,1-6H2;1-4H/t22-,27?,29?,30-;;;;/m1..../s1. The van der Waals surface area contributed by atoms with Crippen LogP contribution in [0, 0.1) is 37.9 Å². The second kappa shape index (κ2) is 34.4. The zero-order chi connectivity index (χ0) is 70.4. The van der Waals surface area contributed by atoms with Crippen molar-refractivity contribution in [3.8, 4) is 17.2 Å². The summed E-state index contributed by atoms with van der Waals surface area (Å²) < 4.78 is 30.4. The van der Waals surface area contributed by atoms with Gasteiger partial charge in [0.2, 0.25) is 0 Å². The number of nitro benzene ring substituents is 2. The number of hydrogen-bond acceptors (Lipinski definition) is 18. The Kier molecular flexibility index (Phi) is 24.6. The van der Waals surface area contributed by atoms with E-state index in [1.807, 2.05) is 60.7 Å². The summed E-state index contributed by atoms with van der Waals surface area (Å²) in [7, 11) is 0. The summed E-state index contributed by atoms with van der Waals surface area (Å²) in [6.45, 7) is 10.0. The lowest BCUT2D eigenvalue weighted by Crippen LogP contribution is -2.54. The number of aromatic nitrogens is 2. The van der Waals surface area contributed by atoms with Crippen LogP contribution in [0.25, 0.3) is 0 Å². The Hall–Kier alpha value is -8.51. The van der Waals surface area contributed by atoms with Crippen LogP contribution in [0.15, 0.2) is 128 Å². The molecule has 5 aromatic carbocycles. The minimum Gasteiger partial charge on any atom is -0.490 e. The minimum atomic E-state index is -0.653. The molecule has 7 aliphatic heterocycles. The molecular formula is C78H101FN12O10. The summed E-state index contributed by atoms with van der Waals surface area (Å²) in [5.74, 6) is 4.81. The molecule has 11 atom stereocenters. The fraction of sp³-hybridized carbons (Fsp3) is 0.538. The normalized spacial score (nSPS) is 26.6. The molecule has 7 saturated heterocycles. The molecule has 9 unspecified atom stereocenters. The Labute approximate surface area is 592 Å². The number of rotatable bonds is 15. The molecule has 2 amide bonds. The van der Waals surface area contributed by atoms with Crippen molar-refractivity contribution in [3.05, 3.63) is 170 Å². The number of aliphatic hydroxyl groups is 1. The van der Waals surface area contributed by atoms with Gasteiger partial charge in [-0.2, -0.15) is 0 Å². The number of amides is 2. The van der Waals surface area contributed by atoms with Gasteiger partial charge < -0.3 is 61.0 Å². The molecule has 1 aromatic heterocycles. The average molecular weight is 1390 g/mol. The second-order valence-corrected chi connectivity index (χ2v) is 29.3. The van der Waals surface area contributed by atoms with Crippen LogP contribution in [0.5, 0.6) is 17.2 Å². The number of fused-ring (bicyclic) bond motifs is 4. The maximum atomic E-state index is 13.1. The smallest absolute Gasteiger partial charge is 0.271 e. The van der Waals surface area contributed by atoms with Crippen molar-refractivity contribution in [3.63, 3.8) is 0 Å². The number of nitrogen functional groups attached to an aromatic ring is 1. The van der Waals surface area contributed by atoms with Gasteiger partial charge in [-0.05, 0) is 257 Å². The van der Waals surface area contributed by atoms with Crippen molar-refractivity contribution >= 4 is 46.2 Å². The highest BCUT2D eigenvalue weighted by Gasteiger charge is 2.37. The monoisotopic (exact) mass is 1380 g/mol. The molecule has 3 saturated carbocycles. The average Bonchev–Trinajstić information content (AvgIpc) is 1.70. The van der Waals surface area contributed by atoms with Crippen LogP contribution in [0.3, 0.4) is 0 Å². The lowest BCUT2D eigenvalue weighted by atomic mass is 9.80. The summed E-state index contributed by atoms with van der Waals surface area (Å²) in [5, 5.41) is 36.4. The number of anilines is 4. The van der Waals surface area contributed by atoms with E-state index >= 15 is 0 Å². The molecule has 3 aliphatic carbocycles. The van der Waals surface area contributed by atoms with Crippen molar-refractivity contribution in [2.24, 2.45) is 17.6 Å². The number of primary amides is 1. The van der Waals surface area contributed by atoms with E-state index in [4.69, 9.17) is 30.7 Å². The van der Waals surface area contributed by atoms with Crippen LogP contribution in [-0.2, 0) is 0 Å². The molecule has 0 bridgehead atoms. The number of nitrogens with two attached hydrogens (primary N) is 2. The topological polar surface area (TPSA) is 283 Å². The first kappa shape index (κ1) is 72.3. The molecule has 22 nitrogen and oxygen atoms in total. The zero-order valence-electron chi connectivity index (χ0n) is 58.3. The number of nitrogens with one attached hydrogen (secondary N) is 2. The summed E-state index contributed by atoms with van der Waals surface area (Å²) in [5.41, 5.74) is 15.0. The van der Waals surface area contributed by atoms with E-state index in [1.165, 1.54) is 127 Å². The Morgan fingerprint density at radius 2 is 1.06 bits per heavy atom. The van der Waals surface area contributed by atoms with Gasteiger partial charge in [0.25, 0.3) is 23.2 Å². The molecule has 16 rings (SSSR count). The molecule has 6 aromatic rings. The number of ether oxygens (including phenoxy) is 3. The molecule has 0 spiro atoms. The van der Waals surface area contributed by atoms with E-state index in [0.29, 0.717) is 41.3 Å². The fourth-order valence-electron chi connectivity index (χ4n) is 16.7. The van der Waals surface area contributed by atoms with Crippen molar-refractivity contribution < 1.29 is 43.1 Å². The Morgan fingerprint density at radius 1 is 0.564 bits per heavy atom. The van der Waals surface area contributed by atoms with Gasteiger partial charge >= 0.3 is 0 Å². The predicted molar refractivity (Wildman–Crippen MR) is 388 cm³/mol. The van der Waals surface area contributed by atoms with Gasteiger partial charge in [-0.15, -0.1) is 0 Å².